The van der Waals surface area contributed by atoms with Crippen LogP contribution in [-0.4, -0.2) is 39.7 Å². The molecule has 0 saturated carbocycles. The van der Waals surface area contributed by atoms with Gasteiger partial charge in [-0.25, -0.2) is 0 Å². The van der Waals surface area contributed by atoms with Crippen LogP contribution in [-0.2, 0) is 0 Å². The Hall–Kier alpha value is -2.66. The van der Waals surface area contributed by atoms with Gasteiger partial charge in [-0.15, -0.1) is 11.3 Å². The number of nitrogens with zero attached hydrogens (tertiary/aromatic N) is 3. The van der Waals surface area contributed by atoms with E-state index in [2.05, 4.69) is 37.9 Å². The first-order valence-electron chi connectivity index (χ1n) is 9.46. The molecule has 0 fully saturated rings. The van der Waals surface area contributed by atoms with Gasteiger partial charge in [0.05, 0.1) is 41.7 Å². The molecule has 0 spiro atoms. The van der Waals surface area contributed by atoms with Crippen molar-refractivity contribution < 1.29 is 18.7 Å². The van der Waals surface area contributed by atoms with E-state index < -0.39 is 5.91 Å². The van der Waals surface area contributed by atoms with Gasteiger partial charge in [0.15, 0.2) is 17.3 Å². The zero-order chi connectivity index (χ0) is 25.0. The Balaban J connectivity index is 2.02. The predicted molar refractivity (Wildman–Crippen MR) is 141 cm³/mol. The maximum absolute atomic E-state index is 15.1. The number of ether oxygens (including phenoxy) is 2. The molecular formula is C22H18BrCl2FN4O3S. The summed E-state index contributed by atoms with van der Waals surface area (Å²) in [7, 11) is 4.27. The molecule has 34 heavy (non-hydrogen) atoms. The molecule has 12 heteroatoms. The van der Waals surface area contributed by atoms with E-state index >= 15 is 4.48 Å². The van der Waals surface area contributed by atoms with E-state index in [-0.39, 0.29) is 50.0 Å². The fraction of sp³-hybridized carbons (Fsp3) is 0.136. The lowest BCUT2D eigenvalue weighted by Crippen LogP contribution is -2.22. The number of thiophene rings is 1. The summed E-state index contributed by atoms with van der Waals surface area (Å²) in [5.74, 6) is -0.174. The highest BCUT2D eigenvalue weighted by Crippen LogP contribution is 2.50. The summed E-state index contributed by atoms with van der Waals surface area (Å²) < 4.78 is 26.2. The van der Waals surface area contributed by atoms with Crippen LogP contribution in [0.15, 0.2) is 50.2 Å². The predicted octanol–water partition coefficient (Wildman–Crippen LogP) is 7.19. The minimum atomic E-state index is -0.597. The van der Waals surface area contributed by atoms with Crippen LogP contribution in [0.3, 0.4) is 0 Å². The van der Waals surface area contributed by atoms with Gasteiger partial charge >= 0.3 is 0 Å². The molecule has 3 aromatic rings. The number of amides is 1. The van der Waals surface area contributed by atoms with Gasteiger partial charge in [-0.2, -0.15) is 5.12 Å². The van der Waals surface area contributed by atoms with Gasteiger partial charge in [0.1, 0.15) is 14.5 Å². The van der Waals surface area contributed by atoms with E-state index in [0.29, 0.717) is 14.5 Å². The quantitative estimate of drug-likeness (QED) is 0.180. The van der Waals surface area contributed by atoms with Gasteiger partial charge < -0.3 is 14.8 Å². The molecule has 0 atom stereocenters. The second kappa shape index (κ2) is 11.2. The fourth-order valence-corrected chi connectivity index (χ4v) is 5.70. The minimum absolute atomic E-state index is 0.0271. The van der Waals surface area contributed by atoms with Crippen LogP contribution in [0.5, 0.6) is 11.5 Å². The number of hydrogen-bond donors (Lipinski definition) is 1. The number of anilines is 2. The van der Waals surface area contributed by atoms with Crippen LogP contribution in [0, 0.1) is 0 Å². The lowest BCUT2D eigenvalue weighted by molar-refractivity contribution is 0.102. The first-order valence-corrected chi connectivity index (χ1v) is 11.9. The number of amidine groups is 1. The van der Waals surface area contributed by atoms with Gasteiger partial charge in [0.2, 0.25) is 0 Å². The number of rotatable bonds is 7. The summed E-state index contributed by atoms with van der Waals surface area (Å²) >= 11 is 17.3. The monoisotopic (exact) mass is 586 g/mol. The van der Waals surface area contributed by atoms with Crippen LogP contribution in [0.1, 0.15) is 15.2 Å². The SMILES string of the molecule is C=Nc1c(C(=O)Nc2c(Cl)c(OC)c(Br)c(OC)c2Cl)csc1C(=NC)N(F)c1ccccc1. The second-order valence-corrected chi connectivity index (χ2v) is 8.91. The van der Waals surface area contributed by atoms with Crippen molar-refractivity contribution in [3.63, 3.8) is 0 Å². The van der Waals surface area contributed by atoms with E-state index in [0.717, 1.165) is 11.3 Å². The maximum Gasteiger partial charge on any atom is 0.258 e. The summed E-state index contributed by atoms with van der Waals surface area (Å²) in [6, 6.07) is 8.34. The summed E-state index contributed by atoms with van der Waals surface area (Å²) in [5, 5.41) is 4.73. The van der Waals surface area contributed by atoms with E-state index in [9.17, 15) is 4.79 Å². The highest BCUT2D eigenvalue weighted by Gasteiger charge is 2.28. The van der Waals surface area contributed by atoms with Crippen molar-refractivity contribution in [2.75, 3.05) is 31.7 Å². The fourth-order valence-electron chi connectivity index (χ4n) is 3.06. The largest absolute Gasteiger partial charge is 0.494 e. The van der Waals surface area contributed by atoms with E-state index in [4.69, 9.17) is 32.7 Å². The summed E-state index contributed by atoms with van der Waals surface area (Å²) in [6.07, 6.45) is 0. The summed E-state index contributed by atoms with van der Waals surface area (Å²) in [4.78, 5) is 21.5. The lowest BCUT2D eigenvalue weighted by Gasteiger charge is -2.17. The van der Waals surface area contributed by atoms with Crippen LogP contribution in [0.25, 0.3) is 0 Å². The molecule has 0 saturated heterocycles. The molecule has 0 aliphatic rings. The van der Waals surface area contributed by atoms with Gasteiger partial charge in [0, 0.05) is 12.4 Å². The number of carbonyl (C=O) groups is 1. The number of carbonyl (C=O) groups excluding carboxylic acids is 1. The topological polar surface area (TPSA) is 75.5 Å². The average molecular weight is 588 g/mol. The molecule has 0 aliphatic heterocycles. The number of benzene rings is 2. The van der Waals surface area contributed by atoms with Crippen LogP contribution in [0.4, 0.5) is 21.5 Å². The van der Waals surface area contributed by atoms with Crippen LogP contribution >= 0.6 is 50.5 Å². The summed E-state index contributed by atoms with van der Waals surface area (Å²) in [5.41, 5.74) is 0.634. The number of aliphatic imine (C=N–C) groups is 2. The van der Waals surface area contributed by atoms with Gasteiger partial charge in [-0.1, -0.05) is 45.9 Å². The normalized spacial score (nSPS) is 11.2. The molecule has 1 amide bonds. The zero-order valence-electron chi connectivity index (χ0n) is 18.2. The Kier molecular flexibility index (Phi) is 8.53. The number of methoxy groups -OCH3 is 2. The molecule has 0 radical (unpaired) electrons. The van der Waals surface area contributed by atoms with Crippen molar-refractivity contribution >= 4 is 86.0 Å². The van der Waals surface area contributed by atoms with Crippen molar-refractivity contribution in [2.45, 2.75) is 0 Å². The Morgan fingerprint density at radius 1 is 1.18 bits per heavy atom. The Morgan fingerprint density at radius 2 is 1.76 bits per heavy atom. The molecule has 1 aromatic heterocycles. The zero-order valence-corrected chi connectivity index (χ0v) is 22.1. The lowest BCUT2D eigenvalue weighted by atomic mass is 10.2. The smallest absolute Gasteiger partial charge is 0.258 e. The third-order valence-corrected chi connectivity index (χ3v) is 7.04. The van der Waals surface area contributed by atoms with Crippen LogP contribution < -0.4 is 19.9 Å². The maximum atomic E-state index is 15.1. The third kappa shape index (κ3) is 4.76. The average Bonchev–Trinajstić information content (AvgIpc) is 3.27. The van der Waals surface area contributed by atoms with Crippen LogP contribution in [0.2, 0.25) is 10.0 Å². The molecule has 3 rings (SSSR count). The van der Waals surface area contributed by atoms with Crippen molar-refractivity contribution in [2.24, 2.45) is 9.98 Å². The van der Waals surface area contributed by atoms with Gasteiger partial charge in [0.25, 0.3) is 5.91 Å². The standard InChI is InChI=1S/C22H18BrCl2FN4O3S/c1-27-16-12(10-34-20(16)21(28-2)30(26)11-8-6-5-7-9-11)22(31)29-17-14(24)18(32-3)13(23)19(33-4)15(17)25/h5-10H,1H2,2-4H3,(H,29,31). The van der Waals surface area contributed by atoms with Crippen molar-refractivity contribution in [1.82, 2.24) is 0 Å². The molecule has 178 valence electrons. The molecular weight excluding hydrogens is 570 g/mol. The first kappa shape index (κ1) is 26.0. The Labute approximate surface area is 217 Å². The number of halogens is 4. The minimum Gasteiger partial charge on any atom is -0.494 e. The van der Waals surface area contributed by atoms with E-state index in [1.165, 1.54) is 26.6 Å². The molecule has 1 heterocycles. The molecule has 0 aliphatic carbocycles. The van der Waals surface area contributed by atoms with Gasteiger partial charge in [-0.05, 0) is 34.8 Å². The van der Waals surface area contributed by atoms with Crippen molar-refractivity contribution in [3.8, 4) is 11.5 Å². The molecule has 1 N–H and O–H groups in total. The Morgan fingerprint density at radius 3 is 2.26 bits per heavy atom. The van der Waals surface area contributed by atoms with E-state index in [1.807, 2.05) is 0 Å². The number of para-hydroxylation sites is 1. The van der Waals surface area contributed by atoms with E-state index in [1.54, 1.807) is 30.3 Å². The highest BCUT2D eigenvalue weighted by molar-refractivity contribution is 9.10. The molecule has 2 aromatic carbocycles. The molecule has 0 unspecified atom stereocenters. The second-order valence-electron chi connectivity index (χ2n) is 6.49. The molecule has 7 nitrogen and oxygen atoms in total. The highest BCUT2D eigenvalue weighted by atomic mass is 79.9. The van der Waals surface area contributed by atoms with Crippen molar-refractivity contribution in [1.29, 1.82) is 0 Å². The number of hydrogen-bond acceptors (Lipinski definition) is 6. The number of nitrogens with one attached hydrogen (secondary N) is 1. The van der Waals surface area contributed by atoms with Crippen molar-refractivity contribution in [3.05, 3.63) is 60.7 Å². The third-order valence-electron chi connectivity index (χ3n) is 4.63. The first-order chi connectivity index (χ1) is 16.3. The molecule has 0 bridgehead atoms. The summed E-state index contributed by atoms with van der Waals surface area (Å²) in [6.45, 7) is 3.55. The Bertz CT molecular complexity index is 1240. The van der Waals surface area contributed by atoms with Gasteiger partial charge in [-0.3, -0.25) is 14.8 Å².